The van der Waals surface area contributed by atoms with Gasteiger partial charge in [0.05, 0.1) is 29.1 Å². The number of halogens is 1. The molecule has 1 aliphatic rings. The predicted molar refractivity (Wildman–Crippen MR) is 143 cm³/mol. The number of carbonyl (C=O) groups excluding carboxylic acids is 3. The summed E-state index contributed by atoms with van der Waals surface area (Å²) in [6, 6.07) is 8.20. The van der Waals surface area contributed by atoms with Gasteiger partial charge in [-0.15, -0.1) is 0 Å². The zero-order valence-electron chi connectivity index (χ0n) is 22.6. The number of amides is 3. The number of ketones is 1. The van der Waals surface area contributed by atoms with E-state index in [1.54, 1.807) is 34.6 Å². The molecule has 1 unspecified atom stereocenters. The molecular formula is C26H33FN4O7S. The number of benzene rings is 2. The minimum Gasteiger partial charge on any atom is -0.485 e. The molecule has 0 spiro atoms. The molecule has 3 rings (SSSR count). The summed E-state index contributed by atoms with van der Waals surface area (Å²) in [5.74, 6) is -0.845. The lowest BCUT2D eigenvalue weighted by Crippen LogP contribution is -2.54. The quantitative estimate of drug-likeness (QED) is 0.466. The van der Waals surface area contributed by atoms with Crippen LogP contribution < -0.4 is 25.0 Å². The zero-order chi connectivity index (χ0) is 29.2. The second-order valence-corrected chi connectivity index (χ2v) is 12.3. The summed E-state index contributed by atoms with van der Waals surface area (Å²) < 4.78 is 53.5. The molecule has 0 aromatic heterocycles. The molecule has 13 heteroatoms. The number of nitrogens with one attached hydrogen (secondary N) is 3. The number of carbonyl (C=O) groups is 3. The molecule has 11 nitrogen and oxygen atoms in total. The molecule has 1 aliphatic heterocycles. The number of rotatable bonds is 7. The van der Waals surface area contributed by atoms with Crippen molar-refractivity contribution in [3.63, 3.8) is 0 Å². The van der Waals surface area contributed by atoms with Gasteiger partial charge in [-0.2, -0.15) is 0 Å². The van der Waals surface area contributed by atoms with Crippen LogP contribution in [0, 0.1) is 11.2 Å². The molecule has 3 amide bonds. The first-order valence-corrected chi connectivity index (χ1v) is 13.6. The van der Waals surface area contributed by atoms with E-state index in [9.17, 15) is 27.2 Å². The maximum Gasteiger partial charge on any atom is 0.412 e. The third kappa shape index (κ3) is 6.96. The summed E-state index contributed by atoms with van der Waals surface area (Å²) in [4.78, 5) is 36.8. The highest BCUT2D eigenvalue weighted by molar-refractivity contribution is 7.92. The summed E-state index contributed by atoms with van der Waals surface area (Å²) >= 11 is 0. The van der Waals surface area contributed by atoms with Crippen molar-refractivity contribution in [2.45, 2.75) is 51.2 Å². The Morgan fingerprint density at radius 3 is 2.31 bits per heavy atom. The molecule has 0 saturated heterocycles. The van der Waals surface area contributed by atoms with Crippen LogP contribution >= 0.6 is 0 Å². The van der Waals surface area contributed by atoms with Crippen molar-refractivity contribution in [3.05, 3.63) is 48.3 Å². The summed E-state index contributed by atoms with van der Waals surface area (Å²) in [5.41, 5.74) is -1.63. The van der Waals surface area contributed by atoms with Gasteiger partial charge >= 0.3 is 12.1 Å². The van der Waals surface area contributed by atoms with Gasteiger partial charge in [0.25, 0.3) is 10.0 Å². The molecule has 0 saturated carbocycles. The molecule has 1 atom stereocenters. The Morgan fingerprint density at radius 2 is 1.72 bits per heavy atom. The topological polar surface area (TPSA) is 143 Å². The number of hydrogen-bond acceptors (Lipinski definition) is 7. The Balaban J connectivity index is 2.02. The largest absolute Gasteiger partial charge is 0.485 e. The standard InChI is InChI=1S/C26H33FN4O7S/c1-25(2,3)38-24(34)30-17-9-12-20-19(13-17)31(39(35,36)18-10-7-16(27)8-11-18)15-22(37-20)26(4,5)21(32)14-29-23(33)28-6/h7-13,22H,14-15H2,1-6H3,(H,30,34)(H2,28,29,33). The van der Waals surface area contributed by atoms with Crippen LogP contribution in [0.2, 0.25) is 0 Å². The van der Waals surface area contributed by atoms with Gasteiger partial charge in [-0.1, -0.05) is 0 Å². The van der Waals surface area contributed by atoms with Gasteiger partial charge in [0, 0.05) is 12.7 Å². The Bertz CT molecular complexity index is 1360. The molecule has 3 N–H and O–H groups in total. The van der Waals surface area contributed by atoms with Crippen molar-refractivity contribution in [1.29, 1.82) is 0 Å². The summed E-state index contributed by atoms with van der Waals surface area (Å²) in [7, 11) is -2.85. The first kappa shape index (κ1) is 29.7. The first-order valence-electron chi connectivity index (χ1n) is 12.1. The summed E-state index contributed by atoms with van der Waals surface area (Å²) in [6.07, 6.45) is -1.69. The number of anilines is 2. The fraction of sp³-hybridized carbons (Fsp3) is 0.423. The van der Waals surface area contributed by atoms with Crippen LogP contribution in [0.3, 0.4) is 0 Å². The Hall–Kier alpha value is -3.87. The Labute approximate surface area is 227 Å². The first-order chi connectivity index (χ1) is 18.0. The van der Waals surface area contributed by atoms with E-state index in [1.807, 2.05) is 0 Å². The van der Waals surface area contributed by atoms with Gasteiger partial charge in [-0.25, -0.2) is 22.4 Å². The molecular weight excluding hydrogens is 531 g/mol. The highest BCUT2D eigenvalue weighted by Gasteiger charge is 2.45. The van der Waals surface area contributed by atoms with Crippen LogP contribution in [0.25, 0.3) is 0 Å². The number of urea groups is 1. The normalized spacial score (nSPS) is 15.5. The van der Waals surface area contributed by atoms with Crippen LogP contribution in [0.15, 0.2) is 47.4 Å². The van der Waals surface area contributed by atoms with Crippen molar-refractivity contribution in [2.24, 2.45) is 5.41 Å². The smallest absolute Gasteiger partial charge is 0.412 e. The highest BCUT2D eigenvalue weighted by atomic mass is 32.2. The van der Waals surface area contributed by atoms with Crippen LogP contribution in [-0.2, 0) is 19.6 Å². The second kappa shape index (κ2) is 11.1. The van der Waals surface area contributed by atoms with E-state index < -0.39 is 45.1 Å². The van der Waals surface area contributed by atoms with E-state index in [1.165, 1.54) is 25.2 Å². The van der Waals surface area contributed by atoms with Gasteiger partial charge in [-0.05, 0) is 77.1 Å². The predicted octanol–water partition coefficient (Wildman–Crippen LogP) is 3.65. The lowest BCUT2D eigenvalue weighted by molar-refractivity contribution is -0.130. The Kier molecular flexibility index (Phi) is 8.44. The summed E-state index contributed by atoms with van der Waals surface area (Å²) in [5, 5.41) is 7.37. The van der Waals surface area contributed by atoms with Crippen LogP contribution in [0.4, 0.5) is 25.4 Å². The lowest BCUT2D eigenvalue weighted by Gasteiger charge is -2.41. The van der Waals surface area contributed by atoms with Crippen molar-refractivity contribution in [1.82, 2.24) is 10.6 Å². The van der Waals surface area contributed by atoms with Crippen molar-refractivity contribution < 1.29 is 36.7 Å². The maximum atomic E-state index is 13.8. The van der Waals surface area contributed by atoms with Gasteiger partial charge < -0.3 is 20.1 Å². The SMILES string of the molecule is CNC(=O)NCC(=O)C(C)(C)C1CN(S(=O)(=O)c2ccc(F)cc2)c2cc(NC(=O)OC(C)(C)C)ccc2O1. The number of sulfonamides is 1. The molecule has 212 valence electrons. The molecule has 0 bridgehead atoms. The Morgan fingerprint density at radius 1 is 1.08 bits per heavy atom. The molecule has 0 radical (unpaired) electrons. The monoisotopic (exact) mass is 564 g/mol. The maximum absolute atomic E-state index is 13.8. The minimum absolute atomic E-state index is 0.107. The van der Waals surface area contributed by atoms with Crippen LogP contribution in [0.5, 0.6) is 5.75 Å². The van der Waals surface area contributed by atoms with Crippen molar-refractivity contribution >= 4 is 39.3 Å². The van der Waals surface area contributed by atoms with E-state index in [4.69, 9.17) is 9.47 Å². The zero-order valence-corrected chi connectivity index (χ0v) is 23.4. The molecule has 0 aliphatic carbocycles. The van der Waals surface area contributed by atoms with E-state index in [0.29, 0.717) is 0 Å². The number of Topliss-reactive ketones (excluding diaryl/α,β-unsaturated/α-hetero) is 1. The third-order valence-electron chi connectivity index (χ3n) is 6.04. The molecule has 2 aromatic carbocycles. The fourth-order valence-corrected chi connectivity index (χ4v) is 5.21. The van der Waals surface area contributed by atoms with Crippen LogP contribution in [0.1, 0.15) is 34.6 Å². The molecule has 1 heterocycles. The van der Waals surface area contributed by atoms with Gasteiger partial charge in [0.2, 0.25) is 0 Å². The number of ether oxygens (including phenoxy) is 2. The van der Waals surface area contributed by atoms with E-state index in [2.05, 4.69) is 16.0 Å². The average molecular weight is 565 g/mol. The highest BCUT2D eigenvalue weighted by Crippen LogP contribution is 2.42. The van der Waals surface area contributed by atoms with Crippen molar-refractivity contribution in [2.75, 3.05) is 29.8 Å². The lowest BCUT2D eigenvalue weighted by atomic mass is 9.81. The van der Waals surface area contributed by atoms with E-state index in [0.717, 1.165) is 28.6 Å². The van der Waals surface area contributed by atoms with Gasteiger partial charge in [-0.3, -0.25) is 14.4 Å². The second-order valence-electron chi connectivity index (χ2n) is 10.5. The number of nitrogens with zero attached hydrogens (tertiary/aromatic N) is 1. The molecule has 2 aromatic rings. The van der Waals surface area contributed by atoms with Gasteiger partial charge in [0.15, 0.2) is 5.78 Å². The van der Waals surface area contributed by atoms with E-state index >= 15 is 0 Å². The third-order valence-corrected chi connectivity index (χ3v) is 7.83. The fourth-order valence-electron chi connectivity index (χ4n) is 3.74. The molecule has 0 fully saturated rings. The number of hydrogen-bond donors (Lipinski definition) is 3. The number of fused-ring (bicyclic) bond motifs is 1. The van der Waals surface area contributed by atoms with Crippen molar-refractivity contribution in [3.8, 4) is 5.75 Å². The average Bonchev–Trinajstić information content (AvgIpc) is 2.85. The van der Waals surface area contributed by atoms with Gasteiger partial charge in [0.1, 0.15) is 23.3 Å². The molecule has 39 heavy (non-hydrogen) atoms. The minimum atomic E-state index is -4.26. The van der Waals surface area contributed by atoms with E-state index in [-0.39, 0.29) is 40.9 Å². The summed E-state index contributed by atoms with van der Waals surface area (Å²) in [6.45, 7) is 7.73. The van der Waals surface area contributed by atoms with Crippen LogP contribution in [-0.4, -0.2) is 58.2 Å².